The first-order valence-electron chi connectivity index (χ1n) is 9.94. The Kier molecular flexibility index (Phi) is 6.46. The lowest BCUT2D eigenvalue weighted by molar-refractivity contribution is 0.102. The van der Waals surface area contributed by atoms with Crippen LogP contribution in [0.4, 0.5) is 11.7 Å². The highest BCUT2D eigenvalue weighted by Crippen LogP contribution is 2.29. The molecular formula is C23H20N4O6S. The number of methoxy groups -OCH3 is 2. The van der Waals surface area contributed by atoms with Crippen LogP contribution < -0.4 is 19.5 Å². The number of rotatable bonds is 8. The molecular weight excluding hydrogens is 460 g/mol. The van der Waals surface area contributed by atoms with E-state index in [1.54, 1.807) is 42.5 Å². The predicted molar refractivity (Wildman–Crippen MR) is 124 cm³/mol. The Hall–Kier alpha value is -4.38. The van der Waals surface area contributed by atoms with Crippen molar-refractivity contribution >= 4 is 27.6 Å². The van der Waals surface area contributed by atoms with Gasteiger partial charge in [-0.1, -0.05) is 29.4 Å². The molecule has 0 atom stereocenters. The summed E-state index contributed by atoms with van der Waals surface area (Å²) in [5.74, 6) is 0.664. The van der Waals surface area contributed by atoms with Crippen molar-refractivity contribution in [1.82, 2.24) is 10.2 Å². The fourth-order valence-corrected chi connectivity index (χ4v) is 4.10. The molecule has 0 saturated heterocycles. The second-order valence-electron chi connectivity index (χ2n) is 6.97. The number of carbonyl (C=O) groups is 1. The molecule has 3 aromatic carbocycles. The van der Waals surface area contributed by atoms with Crippen LogP contribution in [0, 0.1) is 0 Å². The van der Waals surface area contributed by atoms with Crippen LogP contribution >= 0.6 is 0 Å². The summed E-state index contributed by atoms with van der Waals surface area (Å²) in [4.78, 5) is 12.8. The molecule has 0 saturated carbocycles. The highest BCUT2D eigenvalue weighted by atomic mass is 32.2. The summed E-state index contributed by atoms with van der Waals surface area (Å²) < 4.78 is 43.6. The van der Waals surface area contributed by atoms with Crippen LogP contribution in [0.1, 0.15) is 10.4 Å². The second kappa shape index (κ2) is 9.63. The average molecular weight is 481 g/mol. The molecule has 0 aliphatic rings. The van der Waals surface area contributed by atoms with E-state index in [1.807, 2.05) is 0 Å². The van der Waals surface area contributed by atoms with Gasteiger partial charge in [0.25, 0.3) is 15.9 Å². The van der Waals surface area contributed by atoms with Gasteiger partial charge in [0.05, 0.1) is 19.1 Å². The predicted octanol–water partition coefficient (Wildman–Crippen LogP) is 3.81. The Morgan fingerprint density at radius 2 is 1.59 bits per heavy atom. The second-order valence-corrected chi connectivity index (χ2v) is 8.65. The molecule has 0 aliphatic heterocycles. The minimum absolute atomic E-state index is 0.109. The van der Waals surface area contributed by atoms with E-state index in [9.17, 15) is 13.2 Å². The van der Waals surface area contributed by atoms with Gasteiger partial charge in [-0.05, 0) is 42.5 Å². The zero-order valence-corrected chi connectivity index (χ0v) is 19.0. The van der Waals surface area contributed by atoms with Gasteiger partial charge in [-0.3, -0.25) is 14.8 Å². The summed E-state index contributed by atoms with van der Waals surface area (Å²) in [6.45, 7) is 0. The molecule has 0 bridgehead atoms. The number of aromatic nitrogens is 2. The molecule has 174 valence electrons. The standard InChI is InChI=1S/C23H20N4O6S/c1-31-18-12-16(13-19(14-18)32-2)22-25-26-23(33-22)24-21(28)15-7-6-8-17(11-15)27-34(29,30)20-9-4-3-5-10-20/h3-14,27H,1-2H3,(H,24,26,28). The van der Waals surface area contributed by atoms with Crippen LogP contribution in [0.15, 0.2) is 82.1 Å². The molecule has 11 heteroatoms. The van der Waals surface area contributed by atoms with Crippen LogP contribution in [0.25, 0.3) is 11.5 Å². The Bertz CT molecular complexity index is 1400. The van der Waals surface area contributed by atoms with Crippen molar-refractivity contribution < 1.29 is 27.1 Å². The Morgan fingerprint density at radius 1 is 0.882 bits per heavy atom. The van der Waals surface area contributed by atoms with E-state index in [2.05, 4.69) is 20.2 Å². The molecule has 0 aliphatic carbocycles. The molecule has 1 heterocycles. The third kappa shape index (κ3) is 5.15. The van der Waals surface area contributed by atoms with Crippen molar-refractivity contribution in [3.8, 4) is 23.0 Å². The lowest BCUT2D eigenvalue weighted by atomic mass is 10.2. The molecule has 0 fully saturated rings. The van der Waals surface area contributed by atoms with Crippen molar-refractivity contribution in [1.29, 1.82) is 0 Å². The third-order valence-corrected chi connectivity index (χ3v) is 6.07. The number of sulfonamides is 1. The van der Waals surface area contributed by atoms with E-state index in [0.29, 0.717) is 17.1 Å². The van der Waals surface area contributed by atoms with Gasteiger partial charge < -0.3 is 13.9 Å². The molecule has 34 heavy (non-hydrogen) atoms. The molecule has 10 nitrogen and oxygen atoms in total. The van der Waals surface area contributed by atoms with E-state index in [0.717, 1.165) is 0 Å². The number of anilines is 2. The largest absolute Gasteiger partial charge is 0.497 e. The topological polar surface area (TPSA) is 133 Å². The van der Waals surface area contributed by atoms with E-state index >= 15 is 0 Å². The maximum absolute atomic E-state index is 12.7. The number of ether oxygens (including phenoxy) is 2. The van der Waals surface area contributed by atoms with Crippen molar-refractivity contribution in [2.24, 2.45) is 0 Å². The lowest BCUT2D eigenvalue weighted by Gasteiger charge is -2.09. The van der Waals surface area contributed by atoms with Gasteiger partial charge in [0.1, 0.15) is 11.5 Å². The molecule has 0 unspecified atom stereocenters. The fraction of sp³-hybridized carbons (Fsp3) is 0.0870. The first kappa shape index (κ1) is 22.8. The fourth-order valence-electron chi connectivity index (χ4n) is 3.03. The number of nitrogens with zero attached hydrogens (tertiary/aromatic N) is 2. The van der Waals surface area contributed by atoms with E-state index in [-0.39, 0.29) is 28.1 Å². The number of hydrogen-bond acceptors (Lipinski definition) is 8. The Labute approximate surface area is 195 Å². The number of nitrogens with one attached hydrogen (secondary N) is 2. The summed E-state index contributed by atoms with van der Waals surface area (Å²) in [7, 11) is -0.757. The van der Waals surface area contributed by atoms with Crippen LogP contribution in [0.2, 0.25) is 0 Å². The molecule has 1 aromatic heterocycles. The van der Waals surface area contributed by atoms with Gasteiger partial charge in [-0.25, -0.2) is 8.42 Å². The molecule has 4 aromatic rings. The number of amides is 1. The summed E-state index contributed by atoms with van der Waals surface area (Å²) in [6, 6.07) is 18.9. The van der Waals surface area contributed by atoms with Gasteiger partial charge in [-0.2, -0.15) is 0 Å². The van der Waals surface area contributed by atoms with Crippen molar-refractivity contribution in [2.45, 2.75) is 4.90 Å². The normalized spacial score (nSPS) is 11.0. The zero-order valence-electron chi connectivity index (χ0n) is 18.2. The van der Waals surface area contributed by atoms with Crippen LogP contribution in [-0.4, -0.2) is 38.7 Å². The number of benzene rings is 3. The molecule has 1 amide bonds. The average Bonchev–Trinajstić information content (AvgIpc) is 3.32. The number of hydrogen-bond donors (Lipinski definition) is 2. The Morgan fingerprint density at radius 3 is 2.26 bits per heavy atom. The van der Waals surface area contributed by atoms with Crippen molar-refractivity contribution in [3.05, 3.63) is 78.4 Å². The van der Waals surface area contributed by atoms with Gasteiger partial charge in [-0.15, -0.1) is 5.10 Å². The minimum atomic E-state index is -3.80. The minimum Gasteiger partial charge on any atom is -0.497 e. The summed E-state index contributed by atoms with van der Waals surface area (Å²) >= 11 is 0. The van der Waals surface area contributed by atoms with Crippen LogP contribution in [0.5, 0.6) is 11.5 Å². The zero-order chi connectivity index (χ0) is 24.1. The monoisotopic (exact) mass is 480 g/mol. The summed E-state index contributed by atoms with van der Waals surface area (Å²) in [5, 5.41) is 10.3. The van der Waals surface area contributed by atoms with Crippen LogP contribution in [0.3, 0.4) is 0 Å². The van der Waals surface area contributed by atoms with E-state index in [1.165, 1.54) is 44.6 Å². The third-order valence-electron chi connectivity index (χ3n) is 4.67. The molecule has 0 spiro atoms. The SMILES string of the molecule is COc1cc(OC)cc(-c2nnc(NC(=O)c3cccc(NS(=O)(=O)c4ccccc4)c3)o2)c1. The van der Waals surface area contributed by atoms with Gasteiger partial charge in [0.15, 0.2) is 0 Å². The van der Waals surface area contributed by atoms with Gasteiger partial charge in [0.2, 0.25) is 5.89 Å². The smallest absolute Gasteiger partial charge is 0.322 e. The summed E-state index contributed by atoms with van der Waals surface area (Å²) in [5.41, 5.74) is 0.962. The maximum Gasteiger partial charge on any atom is 0.322 e. The van der Waals surface area contributed by atoms with Crippen molar-refractivity contribution in [3.63, 3.8) is 0 Å². The van der Waals surface area contributed by atoms with Crippen LogP contribution in [-0.2, 0) is 10.0 Å². The van der Waals surface area contributed by atoms with Gasteiger partial charge in [0, 0.05) is 22.9 Å². The maximum atomic E-state index is 12.7. The van der Waals surface area contributed by atoms with Gasteiger partial charge >= 0.3 is 6.01 Å². The van der Waals surface area contributed by atoms with E-state index in [4.69, 9.17) is 13.9 Å². The highest BCUT2D eigenvalue weighted by molar-refractivity contribution is 7.92. The Balaban J connectivity index is 1.50. The number of carbonyl (C=O) groups excluding carboxylic acids is 1. The quantitative estimate of drug-likeness (QED) is 0.389. The molecule has 0 radical (unpaired) electrons. The van der Waals surface area contributed by atoms with E-state index < -0.39 is 15.9 Å². The first-order chi connectivity index (χ1) is 16.4. The highest BCUT2D eigenvalue weighted by Gasteiger charge is 2.17. The van der Waals surface area contributed by atoms with Crippen molar-refractivity contribution in [2.75, 3.05) is 24.3 Å². The molecule has 4 rings (SSSR count). The first-order valence-corrected chi connectivity index (χ1v) is 11.4. The molecule has 2 N–H and O–H groups in total. The lowest BCUT2D eigenvalue weighted by Crippen LogP contribution is -2.15. The summed E-state index contributed by atoms with van der Waals surface area (Å²) in [6.07, 6.45) is 0.